The van der Waals surface area contributed by atoms with Gasteiger partial charge in [0.15, 0.2) is 6.10 Å². The van der Waals surface area contributed by atoms with Gasteiger partial charge in [-0.3, -0.25) is 14.4 Å². The third-order valence-electron chi connectivity index (χ3n) is 13.3. The van der Waals surface area contributed by atoms with Crippen molar-refractivity contribution in [3.05, 3.63) is 0 Å². The summed E-state index contributed by atoms with van der Waals surface area (Å²) in [6, 6.07) is 0. The van der Waals surface area contributed by atoms with Gasteiger partial charge in [-0.1, -0.05) is 273 Å². The molecule has 2 atom stereocenters. The van der Waals surface area contributed by atoms with E-state index in [1.54, 1.807) is 0 Å². The second-order valence-electron chi connectivity index (χ2n) is 20.8. The Hall–Kier alpha value is -1.59. The van der Waals surface area contributed by atoms with Crippen molar-refractivity contribution in [3.63, 3.8) is 0 Å². The van der Waals surface area contributed by atoms with Gasteiger partial charge in [-0.2, -0.15) is 0 Å². The predicted octanol–water partition coefficient (Wildman–Crippen LogP) is 18.3. The lowest BCUT2D eigenvalue weighted by atomic mass is 9.99. The van der Waals surface area contributed by atoms with Gasteiger partial charge in [-0.15, -0.1) is 0 Å². The average molecular weight is 892 g/mol. The minimum atomic E-state index is -0.763. The van der Waals surface area contributed by atoms with Crippen molar-refractivity contribution in [2.24, 2.45) is 17.8 Å². The first-order chi connectivity index (χ1) is 30.6. The Morgan fingerprint density at radius 3 is 0.825 bits per heavy atom. The highest BCUT2D eigenvalue weighted by atomic mass is 16.6. The first-order valence-corrected chi connectivity index (χ1v) is 28.1. The number of carbonyl (C=O) groups is 3. The molecule has 1 unspecified atom stereocenters. The van der Waals surface area contributed by atoms with Crippen LogP contribution in [-0.2, 0) is 28.6 Å². The zero-order chi connectivity index (χ0) is 46.3. The van der Waals surface area contributed by atoms with Crippen LogP contribution in [0.4, 0.5) is 0 Å². The van der Waals surface area contributed by atoms with Crippen molar-refractivity contribution < 1.29 is 28.6 Å². The molecule has 0 saturated carbocycles. The van der Waals surface area contributed by atoms with Crippen LogP contribution in [0.3, 0.4) is 0 Å². The lowest BCUT2D eigenvalue weighted by molar-refractivity contribution is -0.167. The molecule has 6 heteroatoms. The molecular formula is C57H110O6. The Morgan fingerprint density at radius 2 is 0.556 bits per heavy atom. The summed E-state index contributed by atoms with van der Waals surface area (Å²) in [4.78, 5) is 38.1. The summed E-state index contributed by atoms with van der Waals surface area (Å²) in [6.45, 7) is 13.8. The lowest BCUT2D eigenvalue weighted by Crippen LogP contribution is -2.30. The summed E-state index contributed by atoms with van der Waals surface area (Å²) in [5.74, 6) is 1.68. The Bertz CT molecular complexity index is 978. The number of carbonyl (C=O) groups excluding carboxylic acids is 3. The van der Waals surface area contributed by atoms with Crippen molar-refractivity contribution in [1.82, 2.24) is 0 Å². The molecule has 0 rings (SSSR count). The highest BCUT2D eigenvalue weighted by Gasteiger charge is 2.19. The Kier molecular flexibility index (Phi) is 47.1. The van der Waals surface area contributed by atoms with E-state index in [1.165, 1.54) is 193 Å². The molecule has 0 amide bonds. The molecule has 0 spiro atoms. The van der Waals surface area contributed by atoms with Gasteiger partial charge in [-0.25, -0.2) is 0 Å². The number of esters is 3. The first kappa shape index (κ1) is 61.4. The molecule has 0 aromatic rings. The van der Waals surface area contributed by atoms with Crippen LogP contribution in [0.5, 0.6) is 0 Å². The number of hydrogen-bond donors (Lipinski definition) is 0. The largest absolute Gasteiger partial charge is 0.462 e. The van der Waals surface area contributed by atoms with E-state index < -0.39 is 6.10 Å². The van der Waals surface area contributed by atoms with Gasteiger partial charge in [-0.05, 0) is 37.0 Å². The van der Waals surface area contributed by atoms with Gasteiger partial charge in [0.25, 0.3) is 0 Å². The van der Waals surface area contributed by atoms with E-state index in [0.717, 1.165) is 75.5 Å². The fourth-order valence-corrected chi connectivity index (χ4v) is 8.61. The third-order valence-corrected chi connectivity index (χ3v) is 13.3. The minimum Gasteiger partial charge on any atom is -0.462 e. The van der Waals surface area contributed by atoms with Crippen LogP contribution in [-0.4, -0.2) is 37.2 Å². The van der Waals surface area contributed by atoms with Crippen LogP contribution in [0.2, 0.25) is 0 Å². The predicted molar refractivity (Wildman–Crippen MR) is 270 cm³/mol. The van der Waals surface area contributed by atoms with Gasteiger partial charge in [0, 0.05) is 19.3 Å². The maximum absolute atomic E-state index is 12.8. The van der Waals surface area contributed by atoms with Gasteiger partial charge in [0.2, 0.25) is 0 Å². The second kappa shape index (κ2) is 48.3. The smallest absolute Gasteiger partial charge is 0.306 e. The summed E-state index contributed by atoms with van der Waals surface area (Å²) >= 11 is 0. The van der Waals surface area contributed by atoms with E-state index in [4.69, 9.17) is 14.2 Å². The van der Waals surface area contributed by atoms with E-state index in [-0.39, 0.29) is 31.1 Å². The molecule has 0 aliphatic rings. The number of rotatable bonds is 50. The maximum Gasteiger partial charge on any atom is 0.306 e. The molecule has 0 aromatic carbocycles. The van der Waals surface area contributed by atoms with E-state index in [1.807, 2.05) is 0 Å². The summed E-state index contributed by atoms with van der Waals surface area (Å²) in [6.07, 6.45) is 49.5. The molecule has 0 fully saturated rings. The van der Waals surface area contributed by atoms with E-state index in [0.29, 0.717) is 19.3 Å². The molecule has 0 N–H and O–H groups in total. The van der Waals surface area contributed by atoms with Crippen LogP contribution in [0.15, 0.2) is 0 Å². The molecule has 0 aliphatic carbocycles. The van der Waals surface area contributed by atoms with Crippen LogP contribution in [0.1, 0.15) is 311 Å². The fraction of sp³-hybridized carbons (Fsp3) is 0.947. The summed E-state index contributed by atoms with van der Waals surface area (Å²) in [5, 5.41) is 0. The van der Waals surface area contributed by atoms with E-state index in [2.05, 4.69) is 41.5 Å². The summed E-state index contributed by atoms with van der Waals surface area (Å²) in [5.41, 5.74) is 0. The second-order valence-corrected chi connectivity index (χ2v) is 20.8. The van der Waals surface area contributed by atoms with Crippen molar-refractivity contribution in [1.29, 1.82) is 0 Å². The van der Waals surface area contributed by atoms with E-state index in [9.17, 15) is 14.4 Å². The molecule has 0 heterocycles. The van der Waals surface area contributed by atoms with Crippen molar-refractivity contribution >= 4 is 17.9 Å². The SMILES string of the molecule is CCC(C)CCCCCCCCCCCCC(=O)OC[C@@H](COC(=O)CCCCCCCCCCCC(C)C)OC(=O)CCCCCCCCCCCCCCCCCCC(C)C. The van der Waals surface area contributed by atoms with Gasteiger partial charge in [0.1, 0.15) is 13.2 Å². The molecule has 374 valence electrons. The quantitative estimate of drug-likeness (QED) is 0.0344. The molecular weight excluding hydrogens is 781 g/mol. The lowest BCUT2D eigenvalue weighted by Gasteiger charge is -2.18. The van der Waals surface area contributed by atoms with Crippen molar-refractivity contribution in [2.75, 3.05) is 13.2 Å². The zero-order valence-corrected chi connectivity index (χ0v) is 43.4. The summed E-state index contributed by atoms with van der Waals surface area (Å²) in [7, 11) is 0. The standard InChI is InChI=1S/C57H110O6/c1-7-53(6)45-39-33-27-21-16-17-22-28-34-40-46-55(58)61-49-54(50-62-56(59)47-41-35-29-24-18-20-26-32-38-44-52(4)5)63-57(60)48-42-36-30-23-15-13-11-9-8-10-12-14-19-25-31-37-43-51(2)3/h51-54H,7-50H2,1-6H3/t53?,54-/m0/s1. The normalized spacial score (nSPS) is 12.6. The molecule has 0 bridgehead atoms. The molecule has 6 nitrogen and oxygen atoms in total. The highest BCUT2D eigenvalue weighted by molar-refractivity contribution is 5.71. The Labute approximate surface area is 393 Å². The monoisotopic (exact) mass is 891 g/mol. The molecule has 0 saturated heterocycles. The van der Waals surface area contributed by atoms with Gasteiger partial charge >= 0.3 is 17.9 Å². The number of ether oxygens (including phenoxy) is 3. The van der Waals surface area contributed by atoms with Crippen LogP contribution < -0.4 is 0 Å². The molecule has 0 aliphatic heterocycles. The third kappa shape index (κ3) is 49.7. The number of hydrogen-bond acceptors (Lipinski definition) is 6. The first-order valence-electron chi connectivity index (χ1n) is 28.1. The molecule has 0 aromatic heterocycles. The van der Waals surface area contributed by atoms with E-state index >= 15 is 0 Å². The Balaban J connectivity index is 4.29. The van der Waals surface area contributed by atoms with Crippen LogP contribution >= 0.6 is 0 Å². The van der Waals surface area contributed by atoms with Crippen molar-refractivity contribution in [2.45, 2.75) is 317 Å². The fourth-order valence-electron chi connectivity index (χ4n) is 8.61. The zero-order valence-electron chi connectivity index (χ0n) is 43.4. The minimum absolute atomic E-state index is 0.0642. The van der Waals surface area contributed by atoms with Gasteiger partial charge < -0.3 is 14.2 Å². The summed E-state index contributed by atoms with van der Waals surface area (Å²) < 4.78 is 16.9. The molecule has 63 heavy (non-hydrogen) atoms. The topological polar surface area (TPSA) is 78.9 Å². The van der Waals surface area contributed by atoms with Crippen LogP contribution in [0, 0.1) is 17.8 Å². The highest BCUT2D eigenvalue weighted by Crippen LogP contribution is 2.18. The van der Waals surface area contributed by atoms with Gasteiger partial charge in [0.05, 0.1) is 0 Å². The molecule has 0 radical (unpaired) electrons. The van der Waals surface area contributed by atoms with Crippen molar-refractivity contribution in [3.8, 4) is 0 Å². The van der Waals surface area contributed by atoms with Crippen LogP contribution in [0.25, 0.3) is 0 Å². The Morgan fingerprint density at radius 1 is 0.317 bits per heavy atom. The maximum atomic E-state index is 12.8. The average Bonchev–Trinajstić information content (AvgIpc) is 3.25. The number of unbranched alkanes of at least 4 members (excludes halogenated alkanes) is 32.